The number of amides is 4. The molecular weight excluding hydrogens is 1180 g/mol. The second kappa shape index (κ2) is 19.3. The average molecular weight is 1230 g/mol. The molecule has 5 heterocycles. The Bertz CT molecular complexity index is 3990. The molecule has 4 N–H and O–H groups in total. The number of halogens is 5. The minimum atomic E-state index is -3.92. The van der Waals surface area contributed by atoms with Crippen LogP contribution in [0.2, 0.25) is 0 Å². The summed E-state index contributed by atoms with van der Waals surface area (Å²) in [6.07, 6.45) is -5.12. The molecule has 0 spiro atoms. The van der Waals surface area contributed by atoms with E-state index in [1.807, 2.05) is 69.2 Å². The summed E-state index contributed by atoms with van der Waals surface area (Å²) in [4.78, 5) is 49.5. The van der Waals surface area contributed by atoms with E-state index >= 15 is 0 Å². The van der Waals surface area contributed by atoms with Crippen molar-refractivity contribution >= 4 is 83.6 Å². The molecule has 3 fully saturated rings. The van der Waals surface area contributed by atoms with Crippen LogP contribution >= 0.6 is 15.9 Å². The van der Waals surface area contributed by atoms with Gasteiger partial charge in [-0.3, -0.25) is 19.2 Å². The van der Waals surface area contributed by atoms with E-state index in [0.717, 1.165) is 16.6 Å². The van der Waals surface area contributed by atoms with Gasteiger partial charge in [0, 0.05) is 15.8 Å². The van der Waals surface area contributed by atoms with E-state index in [2.05, 4.69) is 45.5 Å². The Morgan fingerprint density at radius 3 is 1.46 bits per heavy atom. The van der Waals surface area contributed by atoms with Crippen molar-refractivity contribution in [1.82, 2.24) is 9.44 Å². The molecule has 7 aliphatic rings. The Morgan fingerprint density at radius 1 is 0.537 bits per heavy atom. The number of anilines is 2. The first-order valence-corrected chi connectivity index (χ1v) is 29.1. The molecule has 0 radical (unpaired) electrons. The summed E-state index contributed by atoms with van der Waals surface area (Å²) in [6, 6.07) is 28.8. The Balaban J connectivity index is 0.000000142. The highest BCUT2D eigenvalue weighted by Gasteiger charge is 2.55. The van der Waals surface area contributed by atoms with E-state index < -0.39 is 73.6 Å². The molecule has 6 aromatic rings. The van der Waals surface area contributed by atoms with E-state index in [9.17, 15) is 53.6 Å². The van der Waals surface area contributed by atoms with Gasteiger partial charge in [0.05, 0.1) is 33.2 Å². The SMILES string of the molecule is Cc1ccc(NC(=O)C2(c3ccc4c(c3)OC(F)(F)O4)CC2)cc1-c1ccc2c(c1)S(=O)(=O)NC2=O.Cc1ccc(NC(=O)C2(c3ccc4c(c3)OC(F)(F)O4)CC2)cc1B1OC(C)(C)C(C)(C)O1.O=C1NS(=O)(=O)c2cc(Br)ccc21. The number of hydrogen-bond acceptors (Lipinski definition) is 14. The lowest BCUT2D eigenvalue weighted by atomic mass is 9.76. The lowest BCUT2D eigenvalue weighted by Crippen LogP contribution is -2.41. The number of ether oxygens (including phenoxy) is 4. The van der Waals surface area contributed by atoms with Gasteiger partial charge in [-0.05, 0) is 179 Å². The van der Waals surface area contributed by atoms with Gasteiger partial charge in [0.1, 0.15) is 9.79 Å². The van der Waals surface area contributed by atoms with Crippen LogP contribution in [0.1, 0.15) is 96.3 Å². The molecule has 5 aliphatic heterocycles. The summed E-state index contributed by atoms with van der Waals surface area (Å²) in [5.41, 5.74) is 3.86. The monoisotopic (exact) mass is 1230 g/mol. The summed E-state index contributed by atoms with van der Waals surface area (Å²) >= 11 is 3.13. The quantitative estimate of drug-likeness (QED) is 0.0821. The number of sulfonamides is 2. The summed E-state index contributed by atoms with van der Waals surface area (Å²) in [5.74, 6) is -2.03. The zero-order valence-corrected chi connectivity index (χ0v) is 47.4. The van der Waals surface area contributed by atoms with Crippen molar-refractivity contribution in [2.75, 3.05) is 10.6 Å². The highest BCUT2D eigenvalue weighted by molar-refractivity contribution is 9.10. The first-order chi connectivity index (χ1) is 38.3. The maximum absolute atomic E-state index is 13.4. The standard InChI is InChI=1S/C25H18F2N2O6S.C24H26BF2NO5.C7H4BrNO3S/c1-13-2-5-16(12-18(13)14-3-6-17-21(10-14)36(32,33)29-22(17)30)28-23(31)24(8-9-24)15-4-7-19-20(11-15)35-25(26,27)34-19;1-14-6-8-16(13-17(14)25-32-21(2,3)22(4,5)33-25)28-20(29)23(10-11-23)15-7-9-18-19(12-15)31-24(26,27)30-18;8-4-1-2-5-6(3-4)13(11,12)9-7(5)10/h2-7,10-12H,8-9H2,1H3,(H,28,31)(H,29,30);6-9,12-13H,10-11H2,1-5H3,(H,28,29);1-3H,(H,9,10). The highest BCUT2D eigenvalue weighted by atomic mass is 79.9. The summed E-state index contributed by atoms with van der Waals surface area (Å²) in [7, 11) is -8.07. The molecule has 4 amide bonds. The van der Waals surface area contributed by atoms with Crippen molar-refractivity contribution in [2.45, 2.75) is 112 Å². The Morgan fingerprint density at radius 2 is 0.976 bits per heavy atom. The molecule has 18 nitrogen and oxygen atoms in total. The third-order valence-electron chi connectivity index (χ3n) is 15.6. The number of carbonyl (C=O) groups is 4. The molecule has 6 aromatic carbocycles. The lowest BCUT2D eigenvalue weighted by Gasteiger charge is -2.32. The molecule has 2 aliphatic carbocycles. The lowest BCUT2D eigenvalue weighted by molar-refractivity contribution is -0.287. The second-order valence-corrected chi connectivity index (χ2v) is 25.9. The molecule has 0 aromatic heterocycles. The molecule has 2 saturated carbocycles. The van der Waals surface area contributed by atoms with Crippen molar-refractivity contribution in [3.05, 3.63) is 147 Å². The molecule has 82 heavy (non-hydrogen) atoms. The highest BCUT2D eigenvalue weighted by Crippen LogP contribution is 2.54. The van der Waals surface area contributed by atoms with Gasteiger partial charge in [-0.15, -0.1) is 17.6 Å². The van der Waals surface area contributed by atoms with E-state index in [-0.39, 0.29) is 55.7 Å². The summed E-state index contributed by atoms with van der Waals surface area (Å²) in [5, 5.41) is 5.89. The summed E-state index contributed by atoms with van der Waals surface area (Å²) in [6.45, 7) is 11.8. The maximum atomic E-state index is 13.4. The topological polar surface area (TPSA) is 240 Å². The van der Waals surface area contributed by atoms with Crippen LogP contribution in [-0.4, -0.2) is 71.4 Å². The molecular formula is C56H48BBrF4N4O14S2. The van der Waals surface area contributed by atoms with Gasteiger partial charge in [0.15, 0.2) is 23.0 Å². The first kappa shape index (κ1) is 56.4. The van der Waals surface area contributed by atoms with Crippen molar-refractivity contribution in [2.24, 2.45) is 0 Å². The van der Waals surface area contributed by atoms with Gasteiger partial charge >= 0.3 is 19.7 Å². The van der Waals surface area contributed by atoms with Crippen LogP contribution in [0.3, 0.4) is 0 Å². The Labute approximate surface area is 475 Å². The van der Waals surface area contributed by atoms with Crippen molar-refractivity contribution in [1.29, 1.82) is 0 Å². The number of nitrogens with one attached hydrogen (secondary N) is 4. The number of carbonyl (C=O) groups excluding carboxylic acids is 4. The zero-order chi connectivity index (χ0) is 58.9. The van der Waals surface area contributed by atoms with Gasteiger partial charge < -0.3 is 38.9 Å². The molecule has 0 bridgehead atoms. The van der Waals surface area contributed by atoms with Crippen LogP contribution in [0.5, 0.6) is 23.0 Å². The largest absolute Gasteiger partial charge is 0.586 e. The second-order valence-electron chi connectivity index (χ2n) is 21.6. The van der Waals surface area contributed by atoms with Gasteiger partial charge in [-0.1, -0.05) is 51.8 Å². The third-order valence-corrected chi connectivity index (χ3v) is 18.8. The van der Waals surface area contributed by atoms with Crippen LogP contribution in [0.4, 0.5) is 28.9 Å². The number of benzene rings is 6. The molecule has 13 rings (SSSR count). The third kappa shape index (κ3) is 10.3. The number of alkyl halides is 4. The van der Waals surface area contributed by atoms with Crippen LogP contribution < -0.4 is 44.5 Å². The van der Waals surface area contributed by atoms with Crippen molar-refractivity contribution in [3.63, 3.8) is 0 Å². The fraction of sp³-hybridized carbons (Fsp3) is 0.286. The molecule has 426 valence electrons. The van der Waals surface area contributed by atoms with Crippen LogP contribution in [0.15, 0.2) is 123 Å². The predicted octanol–water partition coefficient (Wildman–Crippen LogP) is 9.25. The molecule has 1 saturated heterocycles. The van der Waals surface area contributed by atoms with E-state index in [1.165, 1.54) is 48.5 Å². The van der Waals surface area contributed by atoms with E-state index in [1.54, 1.807) is 42.5 Å². The predicted molar refractivity (Wildman–Crippen MR) is 291 cm³/mol. The molecule has 26 heteroatoms. The number of rotatable bonds is 8. The molecule has 0 atom stereocenters. The fourth-order valence-electron chi connectivity index (χ4n) is 9.96. The smallest absolute Gasteiger partial charge is 0.399 e. The van der Waals surface area contributed by atoms with Gasteiger partial charge in [0.2, 0.25) is 11.8 Å². The normalized spacial score (nSPS) is 20.5. The minimum absolute atomic E-state index is 0.0341. The fourth-order valence-corrected chi connectivity index (χ4v) is 12.9. The van der Waals surface area contributed by atoms with Gasteiger partial charge in [-0.25, -0.2) is 26.3 Å². The van der Waals surface area contributed by atoms with E-state index in [0.29, 0.717) is 63.8 Å². The first-order valence-electron chi connectivity index (χ1n) is 25.4. The van der Waals surface area contributed by atoms with Crippen molar-refractivity contribution < 1.29 is 81.8 Å². The Kier molecular flexibility index (Phi) is 13.3. The minimum Gasteiger partial charge on any atom is -0.399 e. The van der Waals surface area contributed by atoms with Crippen LogP contribution in [0.25, 0.3) is 11.1 Å². The number of aryl methyl sites for hydroxylation is 2. The molecule has 0 unspecified atom stereocenters. The van der Waals surface area contributed by atoms with Crippen molar-refractivity contribution in [3.8, 4) is 34.1 Å². The Hall–Kier alpha value is -7.52. The van der Waals surface area contributed by atoms with E-state index in [4.69, 9.17) is 9.31 Å². The number of fused-ring (bicyclic) bond motifs is 4. The van der Waals surface area contributed by atoms with Gasteiger partial charge in [0.25, 0.3) is 31.9 Å². The van der Waals surface area contributed by atoms with Crippen LogP contribution in [0, 0.1) is 13.8 Å². The maximum Gasteiger partial charge on any atom is 0.586 e. The average Bonchev–Trinajstić information content (AvgIpc) is 2.70. The van der Waals surface area contributed by atoms with Gasteiger partial charge in [-0.2, -0.15) is 0 Å². The van der Waals surface area contributed by atoms with Crippen LogP contribution in [-0.2, 0) is 49.8 Å². The number of hydrogen-bond donors (Lipinski definition) is 4. The summed E-state index contributed by atoms with van der Waals surface area (Å²) < 4.78 is 135. The zero-order valence-electron chi connectivity index (χ0n) is 44.2.